The number of amidine groups is 1. The zero-order valence-corrected chi connectivity index (χ0v) is 19.7. The van der Waals surface area contributed by atoms with Crippen molar-refractivity contribution in [2.75, 3.05) is 14.2 Å². The maximum absolute atomic E-state index is 13.2. The predicted octanol–water partition coefficient (Wildman–Crippen LogP) is 4.82. The van der Waals surface area contributed by atoms with Crippen molar-refractivity contribution in [3.8, 4) is 17.2 Å². The number of amides is 1. The van der Waals surface area contributed by atoms with E-state index < -0.39 is 0 Å². The van der Waals surface area contributed by atoms with Crippen LogP contribution < -0.4 is 9.47 Å². The first kappa shape index (κ1) is 23.2. The van der Waals surface area contributed by atoms with Crippen LogP contribution in [-0.2, 0) is 11.3 Å². The molecule has 3 aromatic rings. The Kier molecular flexibility index (Phi) is 7.03. The summed E-state index contributed by atoms with van der Waals surface area (Å²) in [5.41, 5.74) is 2.64. The van der Waals surface area contributed by atoms with E-state index in [0.29, 0.717) is 21.4 Å². The molecule has 2 aromatic carbocycles. The second-order valence-corrected chi connectivity index (χ2v) is 8.35. The molecule has 0 saturated carbocycles. The summed E-state index contributed by atoms with van der Waals surface area (Å²) in [4.78, 5) is 15.3. The number of methoxy groups -OCH3 is 2. The third-order valence-electron chi connectivity index (χ3n) is 5.11. The van der Waals surface area contributed by atoms with Gasteiger partial charge in [-0.25, -0.2) is 0 Å². The van der Waals surface area contributed by atoms with Crippen molar-refractivity contribution >= 4 is 35.1 Å². The summed E-state index contributed by atoms with van der Waals surface area (Å²) in [6, 6.07) is 14.6. The minimum Gasteiger partial charge on any atom is -0.502 e. The summed E-state index contributed by atoms with van der Waals surface area (Å²) in [7, 11) is 2.90. The standard InChI is InChI=1S/C25H23N3O5S/c1-16-7-4-5-8-18(16)13-22-24(30)28(15-19-9-6-10-33-19)25(34-22)27-26-14-17-11-20(31-2)23(29)21(12-17)32-3/h4-14,29H,15H2,1-3H3/b22-13-,26-14-,27-25+. The van der Waals surface area contributed by atoms with Gasteiger partial charge in [-0.15, -0.1) is 5.10 Å². The van der Waals surface area contributed by atoms with Crippen LogP contribution >= 0.6 is 11.8 Å². The second-order valence-electron chi connectivity index (χ2n) is 7.34. The molecule has 2 heterocycles. The van der Waals surface area contributed by atoms with E-state index >= 15 is 0 Å². The summed E-state index contributed by atoms with van der Waals surface area (Å²) >= 11 is 1.25. The molecule has 0 bridgehead atoms. The molecule has 9 heteroatoms. The molecule has 1 saturated heterocycles. The van der Waals surface area contributed by atoms with Crippen molar-refractivity contribution < 1.29 is 23.8 Å². The smallest absolute Gasteiger partial charge is 0.267 e. The van der Waals surface area contributed by atoms with E-state index in [1.807, 2.05) is 37.3 Å². The third kappa shape index (κ3) is 4.99. The molecule has 1 N–H and O–H groups in total. The van der Waals surface area contributed by atoms with Gasteiger partial charge in [-0.2, -0.15) is 5.10 Å². The van der Waals surface area contributed by atoms with E-state index in [0.717, 1.165) is 11.1 Å². The molecule has 1 aliphatic heterocycles. The number of hydrogen-bond donors (Lipinski definition) is 1. The molecular weight excluding hydrogens is 454 g/mol. The lowest BCUT2D eigenvalue weighted by Crippen LogP contribution is -2.28. The van der Waals surface area contributed by atoms with Crippen LogP contribution in [0.2, 0.25) is 0 Å². The first-order valence-corrected chi connectivity index (χ1v) is 11.2. The minimum absolute atomic E-state index is 0.0963. The van der Waals surface area contributed by atoms with Gasteiger partial charge in [0.1, 0.15) is 5.76 Å². The Labute approximate surface area is 201 Å². The number of carbonyl (C=O) groups excluding carboxylic acids is 1. The number of rotatable bonds is 7. The lowest BCUT2D eigenvalue weighted by Gasteiger charge is -2.12. The number of ether oxygens (including phenoxy) is 2. The fraction of sp³-hybridized carbons (Fsp3) is 0.160. The summed E-state index contributed by atoms with van der Waals surface area (Å²) in [5, 5.41) is 19.0. The Morgan fingerprint density at radius 1 is 1.12 bits per heavy atom. The van der Waals surface area contributed by atoms with E-state index in [1.165, 1.54) is 37.1 Å². The van der Waals surface area contributed by atoms with Crippen LogP contribution in [0.25, 0.3) is 6.08 Å². The fourth-order valence-electron chi connectivity index (χ4n) is 3.30. The maximum Gasteiger partial charge on any atom is 0.267 e. The highest BCUT2D eigenvalue weighted by atomic mass is 32.2. The fourth-order valence-corrected chi connectivity index (χ4v) is 4.23. The first-order valence-electron chi connectivity index (χ1n) is 10.4. The van der Waals surface area contributed by atoms with Crippen LogP contribution in [0, 0.1) is 6.92 Å². The first-order chi connectivity index (χ1) is 16.5. The normalized spacial score (nSPS) is 16.2. The number of nitrogens with zero attached hydrogens (tertiary/aromatic N) is 3. The van der Waals surface area contributed by atoms with Gasteiger partial charge in [0.25, 0.3) is 5.91 Å². The van der Waals surface area contributed by atoms with Crippen molar-refractivity contribution in [3.05, 3.63) is 82.1 Å². The molecule has 4 rings (SSSR count). The summed E-state index contributed by atoms with van der Waals surface area (Å²) in [6.45, 7) is 2.23. The van der Waals surface area contributed by atoms with E-state index in [9.17, 15) is 9.90 Å². The average Bonchev–Trinajstić information content (AvgIpc) is 3.45. The molecule has 0 radical (unpaired) electrons. The topological polar surface area (TPSA) is 96.9 Å². The molecule has 1 amide bonds. The lowest BCUT2D eigenvalue weighted by molar-refractivity contribution is -0.122. The molecule has 1 aliphatic rings. The number of carbonyl (C=O) groups is 1. The lowest BCUT2D eigenvalue weighted by atomic mass is 10.1. The number of aromatic hydroxyl groups is 1. The molecule has 34 heavy (non-hydrogen) atoms. The number of phenols is 1. The van der Waals surface area contributed by atoms with Gasteiger partial charge in [-0.3, -0.25) is 9.69 Å². The van der Waals surface area contributed by atoms with Gasteiger partial charge in [0, 0.05) is 5.56 Å². The Morgan fingerprint density at radius 3 is 2.50 bits per heavy atom. The van der Waals surface area contributed by atoms with E-state index in [4.69, 9.17) is 13.9 Å². The van der Waals surface area contributed by atoms with Crippen LogP contribution in [0.15, 0.2) is 74.3 Å². The average molecular weight is 478 g/mol. The Morgan fingerprint density at radius 2 is 1.85 bits per heavy atom. The molecule has 1 fully saturated rings. The van der Waals surface area contributed by atoms with Gasteiger partial charge >= 0.3 is 0 Å². The highest BCUT2D eigenvalue weighted by Gasteiger charge is 2.34. The number of furan rings is 1. The number of aryl methyl sites for hydroxylation is 1. The SMILES string of the molecule is COc1cc(/C=N\N=C2\S/C(=C\c3ccccc3C)C(=O)N2Cc2ccco2)cc(OC)c1O. The number of phenolic OH excluding ortho intramolecular Hbond substituents is 1. The zero-order valence-electron chi connectivity index (χ0n) is 18.9. The van der Waals surface area contributed by atoms with Crippen LogP contribution in [-0.4, -0.2) is 41.5 Å². The Bertz CT molecular complexity index is 1260. The molecular formula is C25H23N3O5S. The van der Waals surface area contributed by atoms with Gasteiger partial charge in [0.05, 0.1) is 38.1 Å². The molecule has 0 spiro atoms. The number of benzene rings is 2. The summed E-state index contributed by atoms with van der Waals surface area (Å²) < 4.78 is 15.8. The van der Waals surface area contributed by atoms with Gasteiger partial charge in [0.15, 0.2) is 16.7 Å². The molecule has 8 nitrogen and oxygen atoms in total. The minimum atomic E-state index is -0.174. The van der Waals surface area contributed by atoms with Crippen molar-refractivity contribution in [1.29, 1.82) is 0 Å². The summed E-state index contributed by atoms with van der Waals surface area (Å²) in [5.74, 6) is 0.868. The van der Waals surface area contributed by atoms with E-state index in [2.05, 4.69) is 10.2 Å². The Hall–Kier alpha value is -3.98. The van der Waals surface area contributed by atoms with Gasteiger partial charge in [-0.1, -0.05) is 24.3 Å². The largest absolute Gasteiger partial charge is 0.502 e. The monoisotopic (exact) mass is 477 g/mol. The van der Waals surface area contributed by atoms with Crippen LogP contribution in [0.5, 0.6) is 17.2 Å². The Balaban J connectivity index is 1.65. The van der Waals surface area contributed by atoms with Gasteiger partial charge in [0.2, 0.25) is 5.75 Å². The van der Waals surface area contributed by atoms with Crippen molar-refractivity contribution in [1.82, 2.24) is 4.90 Å². The molecule has 1 aromatic heterocycles. The highest BCUT2D eigenvalue weighted by molar-refractivity contribution is 8.18. The van der Waals surface area contributed by atoms with Gasteiger partial charge < -0.3 is 19.0 Å². The molecule has 0 unspecified atom stereocenters. The zero-order chi connectivity index (χ0) is 24.1. The van der Waals surface area contributed by atoms with Crippen molar-refractivity contribution in [2.24, 2.45) is 10.2 Å². The van der Waals surface area contributed by atoms with E-state index in [1.54, 1.807) is 30.5 Å². The molecule has 174 valence electrons. The van der Waals surface area contributed by atoms with Gasteiger partial charge in [-0.05, 0) is 60.2 Å². The van der Waals surface area contributed by atoms with Crippen LogP contribution in [0.4, 0.5) is 0 Å². The second kappa shape index (κ2) is 10.3. The summed E-state index contributed by atoms with van der Waals surface area (Å²) in [6.07, 6.45) is 4.92. The molecule has 0 aliphatic carbocycles. The highest BCUT2D eigenvalue weighted by Crippen LogP contribution is 2.37. The predicted molar refractivity (Wildman–Crippen MR) is 132 cm³/mol. The van der Waals surface area contributed by atoms with Crippen LogP contribution in [0.1, 0.15) is 22.5 Å². The van der Waals surface area contributed by atoms with Crippen molar-refractivity contribution in [2.45, 2.75) is 13.5 Å². The number of hydrogen-bond acceptors (Lipinski definition) is 8. The quantitative estimate of drug-likeness (QED) is 0.298. The van der Waals surface area contributed by atoms with Crippen molar-refractivity contribution in [3.63, 3.8) is 0 Å². The number of thioether (sulfide) groups is 1. The van der Waals surface area contributed by atoms with Crippen LogP contribution in [0.3, 0.4) is 0 Å². The molecule has 0 atom stereocenters. The maximum atomic E-state index is 13.2. The van der Waals surface area contributed by atoms with E-state index in [-0.39, 0.29) is 29.7 Å². The third-order valence-corrected chi connectivity index (χ3v) is 6.11.